The summed E-state index contributed by atoms with van der Waals surface area (Å²) < 4.78 is 5.92. The van der Waals surface area contributed by atoms with Crippen LogP contribution in [0.1, 0.15) is 48.7 Å². The van der Waals surface area contributed by atoms with Crippen LogP contribution in [0.4, 0.5) is 0 Å². The molecule has 1 atom stereocenters. The number of ether oxygens (including phenoxy) is 1. The van der Waals surface area contributed by atoms with Crippen molar-refractivity contribution in [3.8, 4) is 5.75 Å². The second kappa shape index (κ2) is 7.25. The minimum absolute atomic E-state index is 0.0365. The molecule has 1 amide bonds. The summed E-state index contributed by atoms with van der Waals surface area (Å²) in [5.74, 6) is 0.720. The van der Waals surface area contributed by atoms with Crippen LogP contribution in [0.3, 0.4) is 0 Å². The lowest BCUT2D eigenvalue weighted by Gasteiger charge is -2.23. The third kappa shape index (κ3) is 4.02. The lowest BCUT2D eigenvalue weighted by molar-refractivity contribution is -0.123. The van der Waals surface area contributed by atoms with Crippen LogP contribution < -0.4 is 10.1 Å². The second-order valence-electron chi connectivity index (χ2n) is 9.34. The van der Waals surface area contributed by atoms with Gasteiger partial charge in [-0.1, -0.05) is 50.1 Å². The van der Waals surface area contributed by atoms with Crippen LogP contribution in [0.5, 0.6) is 5.75 Å². The molecule has 0 fully saturated rings. The average Bonchev–Trinajstić information content (AvgIpc) is 3.17. The number of fused-ring (bicyclic) bond motifs is 3. The molecule has 0 bridgehead atoms. The zero-order valence-corrected chi connectivity index (χ0v) is 18.0. The van der Waals surface area contributed by atoms with Crippen molar-refractivity contribution in [1.82, 2.24) is 10.3 Å². The molecule has 4 heteroatoms. The smallest absolute Gasteiger partial charge is 0.258 e. The third-order valence-corrected chi connectivity index (χ3v) is 5.72. The Morgan fingerprint density at radius 3 is 2.59 bits per heavy atom. The van der Waals surface area contributed by atoms with E-state index in [0.29, 0.717) is 0 Å². The highest BCUT2D eigenvalue weighted by molar-refractivity contribution is 5.86. The van der Waals surface area contributed by atoms with Crippen LogP contribution >= 0.6 is 0 Å². The monoisotopic (exact) mass is 390 g/mol. The standard InChI is InChI=1S/C25H30N2O2/c1-15-6-8-21-18(10-15)19-12-17(13-22(19)27-21)26-24(28)14-29-23-9-7-16(2)11-20(23)25(3,4)5/h6-11,17,27H,12-14H2,1-5H3,(H,26,28). The van der Waals surface area contributed by atoms with Crippen molar-refractivity contribution in [2.45, 2.75) is 58.9 Å². The van der Waals surface area contributed by atoms with Gasteiger partial charge in [-0.25, -0.2) is 0 Å². The number of aryl methyl sites for hydroxylation is 2. The Hall–Kier alpha value is -2.75. The predicted octanol–water partition coefficient (Wildman–Crippen LogP) is 4.74. The van der Waals surface area contributed by atoms with E-state index in [-0.39, 0.29) is 24.0 Å². The van der Waals surface area contributed by atoms with E-state index in [1.807, 2.05) is 12.1 Å². The van der Waals surface area contributed by atoms with Crippen molar-refractivity contribution in [3.63, 3.8) is 0 Å². The van der Waals surface area contributed by atoms with Gasteiger partial charge < -0.3 is 15.0 Å². The van der Waals surface area contributed by atoms with E-state index in [1.54, 1.807) is 0 Å². The molecule has 4 rings (SSSR count). The first-order valence-corrected chi connectivity index (χ1v) is 10.3. The Kier molecular flexibility index (Phi) is 4.89. The molecular weight excluding hydrogens is 360 g/mol. The van der Waals surface area contributed by atoms with Gasteiger partial charge in [-0.2, -0.15) is 0 Å². The molecule has 0 spiro atoms. The maximum Gasteiger partial charge on any atom is 0.258 e. The molecule has 1 unspecified atom stereocenters. The fourth-order valence-corrected chi connectivity index (χ4v) is 4.26. The first kappa shape index (κ1) is 19.6. The van der Waals surface area contributed by atoms with Gasteiger partial charge in [0, 0.05) is 29.1 Å². The summed E-state index contributed by atoms with van der Waals surface area (Å²) >= 11 is 0. The topological polar surface area (TPSA) is 54.1 Å². The number of H-pyrrole nitrogens is 1. The van der Waals surface area contributed by atoms with Gasteiger partial charge in [0.15, 0.2) is 6.61 Å². The molecule has 3 aromatic rings. The summed E-state index contributed by atoms with van der Waals surface area (Å²) in [6, 6.07) is 12.8. The predicted molar refractivity (Wildman–Crippen MR) is 118 cm³/mol. The van der Waals surface area contributed by atoms with Gasteiger partial charge in [-0.05, 0) is 55.0 Å². The van der Waals surface area contributed by atoms with E-state index < -0.39 is 0 Å². The lowest BCUT2D eigenvalue weighted by Crippen LogP contribution is -2.38. The van der Waals surface area contributed by atoms with Crippen molar-refractivity contribution in [2.75, 3.05) is 6.61 Å². The Morgan fingerprint density at radius 2 is 1.83 bits per heavy atom. The molecule has 0 saturated carbocycles. The second-order valence-corrected chi connectivity index (χ2v) is 9.34. The van der Waals surface area contributed by atoms with E-state index in [4.69, 9.17) is 4.74 Å². The van der Waals surface area contributed by atoms with Crippen LogP contribution in [0.2, 0.25) is 0 Å². The number of carbonyl (C=O) groups is 1. The minimum atomic E-state index is -0.0685. The van der Waals surface area contributed by atoms with Crippen molar-refractivity contribution in [1.29, 1.82) is 0 Å². The summed E-state index contributed by atoms with van der Waals surface area (Å²) in [4.78, 5) is 16.1. The first-order valence-electron chi connectivity index (χ1n) is 10.3. The van der Waals surface area contributed by atoms with Crippen molar-refractivity contribution >= 4 is 16.8 Å². The van der Waals surface area contributed by atoms with Crippen LogP contribution in [0.15, 0.2) is 36.4 Å². The molecular formula is C25H30N2O2. The minimum Gasteiger partial charge on any atom is -0.483 e. The van der Waals surface area contributed by atoms with Crippen LogP contribution in [-0.2, 0) is 23.1 Å². The van der Waals surface area contributed by atoms with E-state index >= 15 is 0 Å². The number of nitrogens with one attached hydrogen (secondary N) is 2. The molecule has 1 heterocycles. The van der Waals surface area contributed by atoms with Crippen molar-refractivity contribution < 1.29 is 9.53 Å². The summed E-state index contributed by atoms with van der Waals surface area (Å²) in [5, 5.41) is 4.43. The molecule has 0 aliphatic heterocycles. The largest absolute Gasteiger partial charge is 0.483 e. The number of rotatable bonds is 4. The molecule has 0 radical (unpaired) electrons. The van der Waals surface area contributed by atoms with Gasteiger partial charge in [0.25, 0.3) is 5.91 Å². The number of aromatic nitrogens is 1. The number of carbonyl (C=O) groups excluding carboxylic acids is 1. The SMILES string of the molecule is Cc1ccc(OCC(=O)NC2Cc3[nH]c4ccc(C)cc4c3C2)c(C(C)(C)C)c1. The molecule has 2 aromatic carbocycles. The number of benzene rings is 2. The quantitative estimate of drug-likeness (QED) is 0.676. The Morgan fingerprint density at radius 1 is 1.10 bits per heavy atom. The first-order chi connectivity index (χ1) is 13.7. The number of hydrogen-bond acceptors (Lipinski definition) is 2. The van der Waals surface area contributed by atoms with Crippen LogP contribution in [0.25, 0.3) is 10.9 Å². The van der Waals surface area contributed by atoms with Gasteiger partial charge >= 0.3 is 0 Å². The van der Waals surface area contributed by atoms with Gasteiger partial charge in [-0.3, -0.25) is 4.79 Å². The summed E-state index contributed by atoms with van der Waals surface area (Å²) in [6.07, 6.45) is 1.70. The highest BCUT2D eigenvalue weighted by Crippen LogP contribution is 2.33. The molecule has 1 aliphatic carbocycles. The summed E-state index contributed by atoms with van der Waals surface area (Å²) in [6.45, 7) is 10.7. The van der Waals surface area contributed by atoms with E-state index in [0.717, 1.165) is 24.2 Å². The van der Waals surface area contributed by atoms with Gasteiger partial charge in [0.05, 0.1) is 0 Å². The third-order valence-electron chi connectivity index (χ3n) is 5.72. The fraction of sp³-hybridized carbons (Fsp3) is 0.400. The molecule has 1 aromatic heterocycles. The normalized spacial score (nSPS) is 16.1. The molecule has 152 valence electrons. The molecule has 29 heavy (non-hydrogen) atoms. The molecule has 2 N–H and O–H groups in total. The number of hydrogen-bond donors (Lipinski definition) is 2. The zero-order valence-electron chi connectivity index (χ0n) is 18.0. The molecule has 1 aliphatic rings. The Bertz CT molecular complexity index is 1070. The fourth-order valence-electron chi connectivity index (χ4n) is 4.26. The summed E-state index contributed by atoms with van der Waals surface area (Å²) in [7, 11) is 0. The maximum absolute atomic E-state index is 12.5. The molecule has 4 nitrogen and oxygen atoms in total. The molecule has 0 saturated heterocycles. The summed E-state index contributed by atoms with van der Waals surface area (Å²) in [5.41, 5.74) is 7.31. The van der Waals surface area contributed by atoms with Crippen molar-refractivity contribution in [2.24, 2.45) is 0 Å². The number of amides is 1. The average molecular weight is 391 g/mol. The Labute approximate surface area is 172 Å². The van der Waals surface area contributed by atoms with E-state index in [9.17, 15) is 4.79 Å². The van der Waals surface area contributed by atoms with E-state index in [2.05, 4.69) is 69.2 Å². The zero-order chi connectivity index (χ0) is 20.8. The lowest BCUT2D eigenvalue weighted by atomic mass is 9.85. The number of aromatic amines is 1. The van der Waals surface area contributed by atoms with Gasteiger partial charge in [0.1, 0.15) is 5.75 Å². The Balaban J connectivity index is 1.39. The maximum atomic E-state index is 12.5. The van der Waals surface area contributed by atoms with Crippen molar-refractivity contribution in [3.05, 3.63) is 64.3 Å². The van der Waals surface area contributed by atoms with E-state index in [1.165, 1.54) is 33.3 Å². The van der Waals surface area contributed by atoms with Gasteiger partial charge in [-0.15, -0.1) is 0 Å². The highest BCUT2D eigenvalue weighted by atomic mass is 16.5. The highest BCUT2D eigenvalue weighted by Gasteiger charge is 2.27. The van der Waals surface area contributed by atoms with Crippen LogP contribution in [-0.4, -0.2) is 23.5 Å². The van der Waals surface area contributed by atoms with Gasteiger partial charge in [0.2, 0.25) is 0 Å². The van der Waals surface area contributed by atoms with Crippen LogP contribution in [0, 0.1) is 13.8 Å².